The first-order chi connectivity index (χ1) is 14.5. The van der Waals surface area contributed by atoms with Crippen LogP contribution in [-0.2, 0) is 5.60 Å². The van der Waals surface area contributed by atoms with Crippen molar-refractivity contribution in [1.29, 1.82) is 0 Å². The summed E-state index contributed by atoms with van der Waals surface area (Å²) in [5, 5.41) is 24.5. The maximum absolute atomic E-state index is 13.2. The van der Waals surface area contributed by atoms with Crippen molar-refractivity contribution in [2.45, 2.75) is 37.4 Å². The molecule has 0 saturated carbocycles. The van der Waals surface area contributed by atoms with Crippen molar-refractivity contribution in [3.63, 3.8) is 0 Å². The number of nitrogens with zero attached hydrogens (tertiary/aromatic N) is 3. The molecule has 2 aromatic rings. The maximum atomic E-state index is 13.2. The van der Waals surface area contributed by atoms with Crippen LogP contribution < -0.4 is 10.2 Å². The number of aliphatic hydroxyl groups is 2. The van der Waals surface area contributed by atoms with E-state index in [0.29, 0.717) is 38.3 Å². The van der Waals surface area contributed by atoms with Gasteiger partial charge in [-0.3, -0.25) is 0 Å². The third-order valence-electron chi connectivity index (χ3n) is 5.83. The number of anilines is 2. The first-order valence-electron chi connectivity index (χ1n) is 10.4. The Hall–Kier alpha value is -2.77. The van der Waals surface area contributed by atoms with Gasteiger partial charge in [-0.1, -0.05) is 30.4 Å². The van der Waals surface area contributed by atoms with Crippen molar-refractivity contribution in [2.24, 2.45) is 0 Å². The highest BCUT2D eigenvalue weighted by atomic mass is 19.1. The van der Waals surface area contributed by atoms with Gasteiger partial charge in [0.2, 0.25) is 0 Å². The molecule has 1 atom stereocenters. The summed E-state index contributed by atoms with van der Waals surface area (Å²) in [5.41, 5.74) is 0.719. The predicted octanol–water partition coefficient (Wildman–Crippen LogP) is 3.15. The van der Waals surface area contributed by atoms with Crippen LogP contribution in [0, 0.1) is 5.82 Å². The summed E-state index contributed by atoms with van der Waals surface area (Å²) in [5.74, 6) is 1.13. The second kappa shape index (κ2) is 8.93. The molecule has 7 heteroatoms. The lowest BCUT2D eigenvalue weighted by Gasteiger charge is -2.39. The molecular formula is C23H27FN4O2. The summed E-state index contributed by atoms with van der Waals surface area (Å²) in [7, 11) is 0. The van der Waals surface area contributed by atoms with Crippen LogP contribution in [0.5, 0.6) is 0 Å². The molecule has 0 unspecified atom stereocenters. The van der Waals surface area contributed by atoms with Gasteiger partial charge >= 0.3 is 0 Å². The Morgan fingerprint density at radius 1 is 1.13 bits per heavy atom. The molecule has 4 rings (SSSR count). The minimum atomic E-state index is -0.955. The standard InChI is InChI=1S/C23H27FN4O2/c24-19-8-6-18(7-9-19)23(30)10-12-28(13-11-23)22-14-21(26-16-27-22)25-15-20(29)17-4-2-1-3-5-17/h2,4-9,14,16,20,29-30H,1,3,10-13,15H2,(H,25,26,27)/t20-/m0/s1. The smallest absolute Gasteiger partial charge is 0.134 e. The molecule has 1 aromatic carbocycles. The second-order valence-corrected chi connectivity index (χ2v) is 7.87. The van der Waals surface area contributed by atoms with E-state index in [2.05, 4.69) is 32.3 Å². The van der Waals surface area contributed by atoms with E-state index >= 15 is 0 Å². The molecule has 1 saturated heterocycles. The van der Waals surface area contributed by atoms with Crippen LogP contribution in [0.4, 0.5) is 16.0 Å². The van der Waals surface area contributed by atoms with Crippen LogP contribution in [0.3, 0.4) is 0 Å². The Balaban J connectivity index is 1.36. The van der Waals surface area contributed by atoms with Crippen molar-refractivity contribution in [2.75, 3.05) is 29.9 Å². The van der Waals surface area contributed by atoms with Crippen LogP contribution in [-0.4, -0.2) is 45.9 Å². The summed E-state index contributed by atoms with van der Waals surface area (Å²) in [6.07, 6.45) is 10.1. The lowest BCUT2D eigenvalue weighted by atomic mass is 9.84. The van der Waals surface area contributed by atoms with E-state index in [1.807, 2.05) is 12.1 Å². The molecule has 1 aliphatic heterocycles. The molecule has 1 aromatic heterocycles. The normalized spacial score (nSPS) is 19.3. The zero-order valence-corrected chi connectivity index (χ0v) is 16.8. The maximum Gasteiger partial charge on any atom is 0.134 e. The van der Waals surface area contributed by atoms with E-state index in [4.69, 9.17) is 0 Å². The van der Waals surface area contributed by atoms with Crippen LogP contribution in [0.25, 0.3) is 0 Å². The highest BCUT2D eigenvalue weighted by Crippen LogP contribution is 2.34. The van der Waals surface area contributed by atoms with Crippen LogP contribution in [0.1, 0.15) is 31.2 Å². The number of aromatic nitrogens is 2. The Morgan fingerprint density at radius 2 is 1.90 bits per heavy atom. The highest BCUT2D eigenvalue weighted by Gasteiger charge is 2.34. The molecule has 0 amide bonds. The van der Waals surface area contributed by atoms with Gasteiger partial charge in [0.05, 0.1) is 11.7 Å². The molecule has 2 heterocycles. The fourth-order valence-electron chi connectivity index (χ4n) is 3.97. The Morgan fingerprint density at radius 3 is 2.60 bits per heavy atom. The van der Waals surface area contributed by atoms with Gasteiger partial charge in [-0.05, 0) is 49.0 Å². The molecule has 30 heavy (non-hydrogen) atoms. The number of aliphatic hydroxyl groups excluding tert-OH is 1. The molecule has 1 fully saturated rings. The quantitative estimate of drug-likeness (QED) is 0.679. The van der Waals surface area contributed by atoms with Crippen molar-refractivity contribution in [3.8, 4) is 0 Å². The minimum absolute atomic E-state index is 0.304. The second-order valence-electron chi connectivity index (χ2n) is 7.87. The number of allylic oxidation sites excluding steroid dienone is 2. The number of rotatable bonds is 6. The van der Waals surface area contributed by atoms with Crippen LogP contribution in [0.15, 0.2) is 60.5 Å². The predicted molar refractivity (Wildman–Crippen MR) is 115 cm³/mol. The number of hydrogen-bond acceptors (Lipinski definition) is 6. The fraction of sp³-hybridized carbons (Fsp3) is 0.391. The van der Waals surface area contributed by atoms with Crippen LogP contribution >= 0.6 is 0 Å². The summed E-state index contributed by atoms with van der Waals surface area (Å²) >= 11 is 0. The number of halogens is 1. The molecule has 158 valence electrons. The zero-order valence-electron chi connectivity index (χ0n) is 16.8. The van der Waals surface area contributed by atoms with Gasteiger partial charge in [0.15, 0.2) is 0 Å². The van der Waals surface area contributed by atoms with Crippen molar-refractivity contribution in [3.05, 3.63) is 71.8 Å². The Labute approximate surface area is 175 Å². The number of nitrogens with one attached hydrogen (secondary N) is 1. The zero-order chi connectivity index (χ0) is 21.0. The lowest BCUT2D eigenvalue weighted by molar-refractivity contribution is 0.0116. The van der Waals surface area contributed by atoms with E-state index in [1.54, 1.807) is 12.1 Å². The summed E-state index contributed by atoms with van der Waals surface area (Å²) in [4.78, 5) is 10.7. The molecule has 1 aliphatic carbocycles. The van der Waals surface area contributed by atoms with E-state index in [9.17, 15) is 14.6 Å². The van der Waals surface area contributed by atoms with Gasteiger partial charge in [0, 0.05) is 25.7 Å². The molecular weight excluding hydrogens is 383 g/mol. The van der Waals surface area contributed by atoms with Gasteiger partial charge in [0.1, 0.15) is 23.8 Å². The third kappa shape index (κ3) is 4.68. The average Bonchev–Trinajstić information content (AvgIpc) is 2.79. The molecule has 3 N–H and O–H groups in total. The van der Waals surface area contributed by atoms with E-state index in [-0.39, 0.29) is 5.82 Å². The molecule has 0 spiro atoms. The fourth-order valence-corrected chi connectivity index (χ4v) is 3.97. The summed E-state index contributed by atoms with van der Waals surface area (Å²) < 4.78 is 13.2. The molecule has 0 bridgehead atoms. The number of hydrogen-bond donors (Lipinski definition) is 3. The molecule has 6 nitrogen and oxygen atoms in total. The molecule has 0 radical (unpaired) electrons. The van der Waals surface area contributed by atoms with E-state index in [1.165, 1.54) is 18.5 Å². The largest absolute Gasteiger partial charge is 0.387 e. The molecule has 2 aliphatic rings. The first-order valence-corrected chi connectivity index (χ1v) is 10.4. The van der Waals surface area contributed by atoms with E-state index in [0.717, 1.165) is 29.8 Å². The average molecular weight is 410 g/mol. The SMILES string of the molecule is O[C@@H](CNc1cc(N2CCC(O)(c3ccc(F)cc3)CC2)ncn1)C1=CCCC=C1. The monoisotopic (exact) mass is 410 g/mol. The van der Waals surface area contributed by atoms with Gasteiger partial charge in [-0.2, -0.15) is 0 Å². The topological polar surface area (TPSA) is 81.5 Å². The summed E-state index contributed by atoms with van der Waals surface area (Å²) in [6, 6.07) is 7.94. The Bertz CT molecular complexity index is 921. The highest BCUT2D eigenvalue weighted by molar-refractivity contribution is 5.49. The minimum Gasteiger partial charge on any atom is -0.387 e. The van der Waals surface area contributed by atoms with Gasteiger partial charge in [-0.25, -0.2) is 14.4 Å². The van der Waals surface area contributed by atoms with Gasteiger partial charge < -0.3 is 20.4 Å². The lowest BCUT2D eigenvalue weighted by Crippen LogP contribution is -2.43. The summed E-state index contributed by atoms with van der Waals surface area (Å²) in [6.45, 7) is 1.63. The number of benzene rings is 1. The first kappa shape index (κ1) is 20.5. The van der Waals surface area contributed by atoms with Crippen molar-refractivity contribution < 1.29 is 14.6 Å². The van der Waals surface area contributed by atoms with Crippen molar-refractivity contribution in [1.82, 2.24) is 9.97 Å². The van der Waals surface area contributed by atoms with Gasteiger partial charge in [0.25, 0.3) is 0 Å². The number of piperidine rings is 1. The van der Waals surface area contributed by atoms with Crippen LogP contribution in [0.2, 0.25) is 0 Å². The Kier molecular flexibility index (Phi) is 6.11. The third-order valence-corrected chi connectivity index (χ3v) is 5.83. The van der Waals surface area contributed by atoms with E-state index < -0.39 is 11.7 Å². The van der Waals surface area contributed by atoms with Gasteiger partial charge in [-0.15, -0.1) is 0 Å². The van der Waals surface area contributed by atoms with Crippen molar-refractivity contribution >= 4 is 11.6 Å².